The van der Waals surface area contributed by atoms with Gasteiger partial charge in [-0.2, -0.15) is 5.10 Å². The van der Waals surface area contributed by atoms with E-state index in [1.54, 1.807) is 12.1 Å². The number of hydrogen-bond donors (Lipinski definition) is 2. The molecule has 1 heterocycles. The van der Waals surface area contributed by atoms with Crippen molar-refractivity contribution in [1.82, 2.24) is 5.32 Å². The van der Waals surface area contributed by atoms with Gasteiger partial charge in [-0.1, -0.05) is 11.8 Å². The summed E-state index contributed by atoms with van der Waals surface area (Å²) in [5.41, 5.74) is 0.712. The summed E-state index contributed by atoms with van der Waals surface area (Å²) < 4.78 is 11.5. The average Bonchev–Trinajstić information content (AvgIpc) is 2.92. The van der Waals surface area contributed by atoms with Gasteiger partial charge in [-0.05, 0) is 47.2 Å². The number of rotatable bonds is 7. The summed E-state index contributed by atoms with van der Waals surface area (Å²) in [4.78, 5) is 21.7. The fourth-order valence-corrected chi connectivity index (χ4v) is 3.14. The number of carbonyl (C=O) groups excluding carboxylic acids is 1. The molecule has 1 aliphatic heterocycles. The quantitative estimate of drug-likeness (QED) is 0.362. The lowest BCUT2D eigenvalue weighted by Crippen LogP contribution is -2.19. The van der Waals surface area contributed by atoms with Gasteiger partial charge in [0.2, 0.25) is 5.91 Å². The van der Waals surface area contributed by atoms with Gasteiger partial charge in [0.05, 0.1) is 22.1 Å². The largest absolute Gasteiger partial charge is 0.490 e. The summed E-state index contributed by atoms with van der Waals surface area (Å²) >= 11 is 3.32. The van der Waals surface area contributed by atoms with E-state index < -0.39 is 12.6 Å². The lowest BCUT2D eigenvalue weighted by atomic mass is 10.2. The molecule has 2 N–H and O–H groups in total. The first-order valence-electron chi connectivity index (χ1n) is 6.84. The zero-order chi connectivity index (χ0) is 17.5. The monoisotopic (exact) mass is 463 g/mol. The van der Waals surface area contributed by atoms with Crippen molar-refractivity contribution < 1.29 is 24.2 Å². The molecule has 1 fully saturated rings. The predicted octanol–water partition coefficient (Wildman–Crippen LogP) is 1.71. The van der Waals surface area contributed by atoms with Crippen LogP contribution in [0.2, 0.25) is 0 Å². The molecule has 0 saturated carbocycles. The molecule has 0 aliphatic carbocycles. The highest BCUT2D eigenvalue weighted by Crippen LogP contribution is 2.33. The van der Waals surface area contributed by atoms with Crippen LogP contribution in [-0.4, -0.2) is 47.3 Å². The summed E-state index contributed by atoms with van der Waals surface area (Å²) in [7, 11) is 0. The first-order valence-corrected chi connectivity index (χ1v) is 8.90. The summed E-state index contributed by atoms with van der Waals surface area (Å²) in [6.07, 6.45) is 1.52. The summed E-state index contributed by atoms with van der Waals surface area (Å²) in [6.45, 7) is 1.78. The average molecular weight is 463 g/mol. The van der Waals surface area contributed by atoms with Crippen molar-refractivity contribution >= 4 is 57.6 Å². The van der Waals surface area contributed by atoms with E-state index in [1.807, 2.05) is 29.5 Å². The predicted molar refractivity (Wildman–Crippen MR) is 99.1 cm³/mol. The Morgan fingerprint density at radius 1 is 1.50 bits per heavy atom. The Balaban J connectivity index is 2.18. The fraction of sp³-hybridized carbons (Fsp3) is 0.286. The molecule has 24 heavy (non-hydrogen) atoms. The molecular weight excluding hydrogens is 449 g/mol. The number of carbonyl (C=O) groups is 2. The van der Waals surface area contributed by atoms with Crippen LogP contribution in [-0.2, 0) is 9.59 Å². The zero-order valence-corrected chi connectivity index (χ0v) is 15.6. The lowest BCUT2D eigenvalue weighted by Gasteiger charge is -2.13. The molecule has 10 heteroatoms. The van der Waals surface area contributed by atoms with Crippen molar-refractivity contribution in [2.45, 2.75) is 6.92 Å². The van der Waals surface area contributed by atoms with E-state index in [9.17, 15) is 9.59 Å². The molecule has 8 nitrogen and oxygen atoms in total. The summed E-state index contributed by atoms with van der Waals surface area (Å²) in [5, 5.41) is 19.6. The molecule has 0 spiro atoms. The van der Waals surface area contributed by atoms with E-state index in [-0.39, 0.29) is 5.91 Å². The second-order valence-corrected chi connectivity index (χ2v) is 6.56. The van der Waals surface area contributed by atoms with Crippen LogP contribution in [0.3, 0.4) is 0 Å². The van der Waals surface area contributed by atoms with Crippen LogP contribution in [0.15, 0.2) is 22.3 Å². The molecule has 0 unspecified atom stereocenters. The number of halogens is 1. The Bertz CT molecular complexity index is 708. The van der Waals surface area contributed by atoms with Crippen LogP contribution in [0.1, 0.15) is 12.5 Å². The van der Waals surface area contributed by atoms with Crippen molar-refractivity contribution in [3.63, 3.8) is 0 Å². The number of ether oxygens (including phenoxy) is 2. The molecule has 1 saturated heterocycles. The Morgan fingerprint density at radius 3 is 2.92 bits per heavy atom. The number of nitrogens with zero attached hydrogens (tertiary/aromatic N) is 2. The number of thioether (sulfide) groups is 1. The van der Waals surface area contributed by atoms with Gasteiger partial charge in [0.15, 0.2) is 23.3 Å². The highest BCUT2D eigenvalue weighted by Gasteiger charge is 2.16. The van der Waals surface area contributed by atoms with E-state index >= 15 is 0 Å². The lowest BCUT2D eigenvalue weighted by molar-refractivity contribution is -0.139. The molecule has 0 radical (unpaired) electrons. The van der Waals surface area contributed by atoms with Gasteiger partial charge in [0, 0.05) is 0 Å². The zero-order valence-electron chi connectivity index (χ0n) is 12.6. The topological polar surface area (TPSA) is 110 Å². The highest BCUT2D eigenvalue weighted by atomic mass is 127. The van der Waals surface area contributed by atoms with Crippen LogP contribution in [0.5, 0.6) is 11.5 Å². The molecule has 2 rings (SSSR count). The second kappa shape index (κ2) is 8.87. The minimum Gasteiger partial charge on any atom is -0.490 e. The third-order valence-corrected chi connectivity index (χ3v) is 4.28. The maximum atomic E-state index is 11.1. The van der Waals surface area contributed by atoms with Crippen LogP contribution in [0.25, 0.3) is 0 Å². The number of amides is 1. The van der Waals surface area contributed by atoms with Gasteiger partial charge in [-0.25, -0.2) is 4.79 Å². The normalized spacial score (nSPS) is 15.8. The minimum atomic E-state index is -1.06. The van der Waals surface area contributed by atoms with Crippen LogP contribution in [0, 0.1) is 3.57 Å². The van der Waals surface area contributed by atoms with E-state index in [2.05, 4.69) is 15.5 Å². The van der Waals surface area contributed by atoms with Gasteiger partial charge in [-0.3, -0.25) is 4.79 Å². The van der Waals surface area contributed by atoms with Crippen molar-refractivity contribution in [3.05, 3.63) is 21.3 Å². The first kappa shape index (κ1) is 18.5. The van der Waals surface area contributed by atoms with Crippen molar-refractivity contribution in [2.24, 2.45) is 10.2 Å². The van der Waals surface area contributed by atoms with Gasteiger partial charge in [0.25, 0.3) is 0 Å². The number of benzene rings is 1. The Morgan fingerprint density at radius 2 is 2.29 bits per heavy atom. The Kier molecular flexibility index (Phi) is 6.85. The van der Waals surface area contributed by atoms with Crippen LogP contribution in [0.4, 0.5) is 0 Å². The second-order valence-electron chi connectivity index (χ2n) is 4.43. The SMILES string of the molecule is CCOc1cc(C=NN=C2NC(=O)CS2)cc(I)c1OCC(=O)O. The Hall–Kier alpha value is -1.82. The fourth-order valence-electron chi connectivity index (χ4n) is 1.73. The molecule has 128 valence electrons. The molecule has 0 aromatic heterocycles. The van der Waals surface area contributed by atoms with Gasteiger partial charge in [0.1, 0.15) is 0 Å². The highest BCUT2D eigenvalue weighted by molar-refractivity contribution is 14.1. The summed E-state index contributed by atoms with van der Waals surface area (Å²) in [5.74, 6) is -0.00537. The smallest absolute Gasteiger partial charge is 0.341 e. The standard InChI is InChI=1S/C14H14IN3O5S/c1-2-22-10-4-8(3-9(15)13(10)23-6-12(20)21)5-16-18-14-17-11(19)7-24-14/h3-5H,2,6-7H2,1H3,(H,20,21)(H,17,18,19). The third kappa shape index (κ3) is 5.37. The van der Waals surface area contributed by atoms with Crippen LogP contribution < -0.4 is 14.8 Å². The number of hydrogen-bond acceptors (Lipinski definition) is 7. The number of aliphatic carboxylic acids is 1. The van der Waals surface area contributed by atoms with E-state index in [4.69, 9.17) is 14.6 Å². The molecule has 1 aromatic carbocycles. The molecule has 1 aromatic rings. The summed E-state index contributed by atoms with van der Waals surface area (Å²) in [6, 6.07) is 3.46. The van der Waals surface area contributed by atoms with Crippen molar-refractivity contribution in [3.8, 4) is 11.5 Å². The molecular formula is C14H14IN3O5S. The number of carboxylic acids is 1. The van der Waals surface area contributed by atoms with Gasteiger partial charge in [-0.15, -0.1) is 5.10 Å². The number of carboxylic acid groups (broad SMARTS) is 1. The van der Waals surface area contributed by atoms with Crippen LogP contribution >= 0.6 is 34.4 Å². The van der Waals surface area contributed by atoms with Crippen molar-refractivity contribution in [1.29, 1.82) is 0 Å². The Labute approximate surface area is 155 Å². The van der Waals surface area contributed by atoms with Gasteiger partial charge >= 0.3 is 5.97 Å². The number of amidine groups is 1. The molecule has 0 atom stereocenters. The molecule has 1 aliphatic rings. The first-order chi connectivity index (χ1) is 11.5. The maximum absolute atomic E-state index is 11.1. The third-order valence-electron chi connectivity index (χ3n) is 2.61. The maximum Gasteiger partial charge on any atom is 0.341 e. The minimum absolute atomic E-state index is 0.0953. The van der Waals surface area contributed by atoms with E-state index in [0.717, 1.165) is 0 Å². The van der Waals surface area contributed by atoms with Crippen molar-refractivity contribution in [2.75, 3.05) is 19.0 Å². The van der Waals surface area contributed by atoms with E-state index in [0.29, 0.717) is 38.2 Å². The molecule has 0 bridgehead atoms. The number of nitrogens with one attached hydrogen (secondary N) is 1. The van der Waals surface area contributed by atoms with Gasteiger partial charge < -0.3 is 19.9 Å². The molecule has 1 amide bonds. The van der Waals surface area contributed by atoms with E-state index in [1.165, 1.54) is 18.0 Å².